The number of aryl methyl sites for hydroxylation is 1. The minimum atomic E-state index is -0.341. The van der Waals surface area contributed by atoms with E-state index in [-0.39, 0.29) is 5.97 Å². The molecule has 1 heterocycles. The maximum absolute atomic E-state index is 12.7. The van der Waals surface area contributed by atoms with Crippen LogP contribution < -0.4 is 5.32 Å². The summed E-state index contributed by atoms with van der Waals surface area (Å²) < 4.78 is 5.12. The minimum absolute atomic E-state index is 0.341. The zero-order chi connectivity index (χ0) is 21.9. The maximum atomic E-state index is 12.7. The van der Waals surface area contributed by atoms with Crippen LogP contribution >= 0.6 is 23.6 Å². The van der Waals surface area contributed by atoms with E-state index in [0.29, 0.717) is 10.7 Å². The summed E-state index contributed by atoms with van der Waals surface area (Å²) in [6.45, 7) is 8.33. The Hall–Kier alpha value is -1.92. The lowest BCUT2D eigenvalue weighted by Gasteiger charge is -2.26. The number of methoxy groups -OCH3 is 1. The number of hydrogen-bond acceptors (Lipinski definition) is 4. The smallest absolute Gasteiger partial charge is 0.341 e. The Bertz CT molecular complexity index is 808. The lowest BCUT2D eigenvalue weighted by atomic mass is 10.0. The van der Waals surface area contributed by atoms with Crippen molar-refractivity contribution in [1.82, 2.24) is 4.90 Å². The van der Waals surface area contributed by atoms with Crippen LogP contribution in [0, 0.1) is 6.92 Å². The topological polar surface area (TPSA) is 41.6 Å². The molecule has 164 valence electrons. The van der Waals surface area contributed by atoms with Gasteiger partial charge in [0.25, 0.3) is 0 Å². The fraction of sp³-hybridized carbons (Fsp3) is 0.500. The molecule has 0 amide bonds. The summed E-state index contributed by atoms with van der Waals surface area (Å²) >= 11 is 7.33. The average Bonchev–Trinajstić information content (AvgIpc) is 3.08. The lowest BCUT2D eigenvalue weighted by Crippen LogP contribution is -2.36. The van der Waals surface area contributed by atoms with E-state index in [1.165, 1.54) is 32.8 Å². The number of unbranched alkanes of at least 4 members (excludes halogenated alkanes) is 4. The fourth-order valence-electron chi connectivity index (χ4n) is 3.48. The van der Waals surface area contributed by atoms with Gasteiger partial charge < -0.3 is 15.0 Å². The highest BCUT2D eigenvalue weighted by molar-refractivity contribution is 7.80. The quantitative estimate of drug-likeness (QED) is 0.231. The molecular formula is C24H34N2O2S2. The molecule has 0 aliphatic rings. The Balaban J connectivity index is 2.30. The van der Waals surface area contributed by atoms with Crippen molar-refractivity contribution < 1.29 is 9.53 Å². The molecule has 2 rings (SSSR count). The number of anilines is 1. The second kappa shape index (κ2) is 12.7. The van der Waals surface area contributed by atoms with Gasteiger partial charge in [-0.15, -0.1) is 11.3 Å². The summed E-state index contributed by atoms with van der Waals surface area (Å²) in [5.41, 5.74) is 2.49. The predicted molar refractivity (Wildman–Crippen MR) is 133 cm³/mol. The van der Waals surface area contributed by atoms with Gasteiger partial charge in [-0.25, -0.2) is 4.79 Å². The van der Waals surface area contributed by atoms with Crippen molar-refractivity contribution in [2.75, 3.05) is 25.5 Å². The van der Waals surface area contributed by atoms with Crippen molar-refractivity contribution in [3.63, 3.8) is 0 Å². The van der Waals surface area contributed by atoms with Crippen LogP contribution in [0.4, 0.5) is 5.00 Å². The number of hydrogen-bond donors (Lipinski definition) is 1. The van der Waals surface area contributed by atoms with Crippen molar-refractivity contribution in [3.05, 3.63) is 40.8 Å². The standard InChI is InChI=1S/C24H34N2O2S2/c1-5-7-12-16-26(17-13-8-6-2)24(29)25-22-21(23(27)28-4)20(18(3)30-22)19-14-10-9-11-15-19/h9-11,14-15H,5-8,12-13,16-17H2,1-4H3,(H,25,29). The van der Waals surface area contributed by atoms with Gasteiger partial charge in [0.05, 0.1) is 7.11 Å². The third-order valence-corrected chi connectivity index (χ3v) is 6.49. The molecule has 6 heteroatoms. The number of nitrogens with zero attached hydrogens (tertiary/aromatic N) is 1. The van der Waals surface area contributed by atoms with Crippen molar-refractivity contribution in [1.29, 1.82) is 0 Å². The first-order valence-corrected chi connectivity index (χ1v) is 12.1. The van der Waals surface area contributed by atoms with E-state index in [4.69, 9.17) is 17.0 Å². The van der Waals surface area contributed by atoms with E-state index in [9.17, 15) is 4.79 Å². The van der Waals surface area contributed by atoms with Gasteiger partial charge in [-0.2, -0.15) is 0 Å². The number of thiophene rings is 1. The van der Waals surface area contributed by atoms with E-state index >= 15 is 0 Å². The van der Waals surface area contributed by atoms with Crippen molar-refractivity contribution in [2.45, 2.75) is 59.3 Å². The molecule has 30 heavy (non-hydrogen) atoms. The monoisotopic (exact) mass is 446 g/mol. The van der Waals surface area contributed by atoms with Gasteiger partial charge in [0.2, 0.25) is 0 Å². The Kier molecular flexibility index (Phi) is 10.3. The van der Waals surface area contributed by atoms with Gasteiger partial charge in [0.1, 0.15) is 10.6 Å². The first kappa shape index (κ1) is 24.4. The number of esters is 1. The number of benzene rings is 1. The van der Waals surface area contributed by atoms with Gasteiger partial charge >= 0.3 is 5.97 Å². The van der Waals surface area contributed by atoms with Gasteiger partial charge in [-0.05, 0) is 37.5 Å². The Morgan fingerprint density at radius 2 is 1.67 bits per heavy atom. The highest BCUT2D eigenvalue weighted by Crippen LogP contribution is 2.40. The van der Waals surface area contributed by atoms with E-state index in [1.807, 2.05) is 37.3 Å². The Morgan fingerprint density at radius 3 is 2.20 bits per heavy atom. The molecule has 4 nitrogen and oxygen atoms in total. The van der Waals surface area contributed by atoms with Gasteiger partial charge in [-0.3, -0.25) is 0 Å². The largest absolute Gasteiger partial charge is 0.465 e. The minimum Gasteiger partial charge on any atom is -0.465 e. The molecule has 1 aromatic carbocycles. The van der Waals surface area contributed by atoms with Gasteiger partial charge in [-0.1, -0.05) is 69.9 Å². The molecule has 2 aromatic rings. The summed E-state index contributed by atoms with van der Waals surface area (Å²) in [5, 5.41) is 4.84. The highest BCUT2D eigenvalue weighted by Gasteiger charge is 2.25. The summed E-state index contributed by atoms with van der Waals surface area (Å²) in [6.07, 6.45) is 6.98. The number of thiocarbonyl (C=S) groups is 1. The second-order valence-corrected chi connectivity index (χ2v) is 9.04. The molecule has 0 aliphatic heterocycles. The second-order valence-electron chi connectivity index (χ2n) is 7.43. The maximum Gasteiger partial charge on any atom is 0.341 e. The van der Waals surface area contributed by atoms with Gasteiger partial charge in [0, 0.05) is 23.5 Å². The third kappa shape index (κ3) is 6.54. The summed E-state index contributed by atoms with van der Waals surface area (Å²) in [7, 11) is 1.42. The summed E-state index contributed by atoms with van der Waals surface area (Å²) in [6, 6.07) is 9.97. The number of ether oxygens (including phenoxy) is 1. The number of carbonyl (C=O) groups is 1. The van der Waals surface area contributed by atoms with Crippen LogP contribution in [-0.4, -0.2) is 36.2 Å². The van der Waals surface area contributed by atoms with Crippen LogP contribution in [0.2, 0.25) is 0 Å². The van der Waals surface area contributed by atoms with Crippen LogP contribution in [0.25, 0.3) is 11.1 Å². The summed E-state index contributed by atoms with van der Waals surface area (Å²) in [5.74, 6) is -0.341. The molecule has 0 saturated carbocycles. The molecule has 0 fully saturated rings. The Labute approximate surface area is 190 Å². The first-order chi connectivity index (χ1) is 14.5. The van der Waals surface area contributed by atoms with E-state index in [1.54, 1.807) is 11.3 Å². The van der Waals surface area contributed by atoms with Gasteiger partial charge in [0.15, 0.2) is 5.11 Å². The van der Waals surface area contributed by atoms with Crippen LogP contribution in [-0.2, 0) is 4.74 Å². The molecule has 0 radical (unpaired) electrons. The fourth-order valence-corrected chi connectivity index (χ4v) is 4.89. The average molecular weight is 447 g/mol. The van der Waals surface area contributed by atoms with Crippen molar-refractivity contribution >= 4 is 39.6 Å². The van der Waals surface area contributed by atoms with Crippen LogP contribution in [0.3, 0.4) is 0 Å². The van der Waals surface area contributed by atoms with E-state index in [2.05, 4.69) is 24.1 Å². The molecule has 1 N–H and O–H groups in total. The van der Waals surface area contributed by atoms with Crippen LogP contribution in [0.5, 0.6) is 0 Å². The normalized spacial score (nSPS) is 10.7. The molecular weight excluding hydrogens is 412 g/mol. The number of rotatable bonds is 11. The highest BCUT2D eigenvalue weighted by atomic mass is 32.1. The SMILES string of the molecule is CCCCCN(CCCCC)C(=S)Nc1sc(C)c(-c2ccccc2)c1C(=O)OC. The van der Waals surface area contributed by atoms with E-state index < -0.39 is 0 Å². The van der Waals surface area contributed by atoms with Crippen molar-refractivity contribution in [3.8, 4) is 11.1 Å². The first-order valence-electron chi connectivity index (χ1n) is 10.9. The van der Waals surface area contributed by atoms with Crippen molar-refractivity contribution in [2.24, 2.45) is 0 Å². The molecule has 0 unspecified atom stereocenters. The zero-order valence-electron chi connectivity index (χ0n) is 18.6. The molecule has 0 spiro atoms. The molecule has 0 aliphatic carbocycles. The van der Waals surface area contributed by atoms with Crippen LogP contribution in [0.1, 0.15) is 67.6 Å². The third-order valence-electron chi connectivity index (χ3n) is 5.11. The summed E-state index contributed by atoms with van der Waals surface area (Å²) in [4.78, 5) is 16.0. The number of carbonyl (C=O) groups excluding carboxylic acids is 1. The van der Waals surface area contributed by atoms with Crippen LogP contribution in [0.15, 0.2) is 30.3 Å². The molecule has 0 atom stereocenters. The number of nitrogens with one attached hydrogen (secondary N) is 1. The molecule has 0 bridgehead atoms. The van der Waals surface area contributed by atoms with E-state index in [0.717, 1.165) is 46.9 Å². The zero-order valence-corrected chi connectivity index (χ0v) is 20.3. The Morgan fingerprint density at radius 1 is 1.07 bits per heavy atom. The molecule has 0 saturated heterocycles. The predicted octanol–water partition coefficient (Wildman–Crippen LogP) is 6.89. The molecule has 1 aromatic heterocycles. The lowest BCUT2D eigenvalue weighted by molar-refractivity contribution is 0.0603.